The summed E-state index contributed by atoms with van der Waals surface area (Å²) in [5, 5.41) is 2.84. The van der Waals surface area contributed by atoms with Gasteiger partial charge >= 0.3 is 0 Å². The van der Waals surface area contributed by atoms with E-state index in [1.165, 1.54) is 0 Å². The number of nitrogen functional groups attached to an aromatic ring is 1. The molecule has 3 rings (SSSR count). The van der Waals surface area contributed by atoms with Gasteiger partial charge in [0.2, 0.25) is 0 Å². The monoisotopic (exact) mass is 361 g/mol. The second-order valence-corrected chi connectivity index (χ2v) is 6.37. The number of ether oxygens (including phenoxy) is 1. The Kier molecular flexibility index (Phi) is 5.41. The summed E-state index contributed by atoms with van der Waals surface area (Å²) in [7, 11) is 0. The fraction of sp³-hybridized carbons (Fsp3) is 0.182. The maximum absolute atomic E-state index is 12.5. The van der Waals surface area contributed by atoms with Crippen LogP contribution in [0.4, 0.5) is 11.5 Å². The van der Waals surface area contributed by atoms with Gasteiger partial charge in [-0.3, -0.25) is 4.79 Å². The Hall–Kier alpha value is -3.34. The fourth-order valence-corrected chi connectivity index (χ4v) is 2.73. The van der Waals surface area contributed by atoms with Crippen LogP contribution in [0.2, 0.25) is 0 Å². The van der Waals surface area contributed by atoms with Gasteiger partial charge in [0.1, 0.15) is 17.3 Å². The zero-order valence-electron chi connectivity index (χ0n) is 15.7. The SMILES string of the molecule is CCc1ccccc1Oc1ccc(NC(=O)c2cc(C)c(C)nc2N)cc1. The van der Waals surface area contributed by atoms with Crippen LogP contribution in [0.3, 0.4) is 0 Å². The highest BCUT2D eigenvalue weighted by Crippen LogP contribution is 2.27. The Morgan fingerprint density at radius 2 is 1.81 bits per heavy atom. The van der Waals surface area contributed by atoms with Gasteiger partial charge in [-0.2, -0.15) is 0 Å². The quantitative estimate of drug-likeness (QED) is 0.678. The lowest BCUT2D eigenvalue weighted by Gasteiger charge is -2.12. The van der Waals surface area contributed by atoms with Crippen LogP contribution in [0.15, 0.2) is 54.6 Å². The van der Waals surface area contributed by atoms with Crippen LogP contribution < -0.4 is 15.8 Å². The molecule has 2 aromatic carbocycles. The van der Waals surface area contributed by atoms with Crippen molar-refractivity contribution in [1.29, 1.82) is 0 Å². The lowest BCUT2D eigenvalue weighted by Crippen LogP contribution is -2.15. The van der Waals surface area contributed by atoms with Gasteiger partial charge in [-0.25, -0.2) is 4.98 Å². The first kappa shape index (κ1) is 18.5. The van der Waals surface area contributed by atoms with Crippen LogP contribution in [-0.4, -0.2) is 10.9 Å². The molecule has 0 aliphatic heterocycles. The molecule has 0 atom stereocenters. The predicted molar refractivity (Wildman–Crippen MR) is 108 cm³/mol. The number of carbonyl (C=O) groups is 1. The summed E-state index contributed by atoms with van der Waals surface area (Å²) in [6.07, 6.45) is 0.899. The molecule has 27 heavy (non-hydrogen) atoms. The summed E-state index contributed by atoms with van der Waals surface area (Å²) in [6.45, 7) is 5.86. The molecule has 138 valence electrons. The van der Waals surface area contributed by atoms with E-state index in [2.05, 4.69) is 17.2 Å². The third-order valence-corrected chi connectivity index (χ3v) is 4.43. The van der Waals surface area contributed by atoms with Crippen LogP contribution in [-0.2, 0) is 6.42 Å². The van der Waals surface area contributed by atoms with Gasteiger partial charge < -0.3 is 15.8 Å². The molecule has 0 fully saturated rings. The Morgan fingerprint density at radius 1 is 1.11 bits per heavy atom. The zero-order chi connectivity index (χ0) is 19.4. The maximum Gasteiger partial charge on any atom is 0.259 e. The Balaban J connectivity index is 1.72. The van der Waals surface area contributed by atoms with E-state index in [1.54, 1.807) is 18.2 Å². The third-order valence-electron chi connectivity index (χ3n) is 4.43. The predicted octanol–water partition coefficient (Wildman–Crippen LogP) is 4.89. The highest BCUT2D eigenvalue weighted by atomic mass is 16.5. The number of anilines is 2. The second kappa shape index (κ2) is 7.91. The van der Waals surface area contributed by atoms with Crippen molar-refractivity contribution in [3.63, 3.8) is 0 Å². The van der Waals surface area contributed by atoms with Crippen molar-refractivity contribution in [3.8, 4) is 11.5 Å². The van der Waals surface area contributed by atoms with E-state index in [0.29, 0.717) is 17.0 Å². The fourth-order valence-electron chi connectivity index (χ4n) is 2.73. The normalized spacial score (nSPS) is 10.5. The lowest BCUT2D eigenvalue weighted by molar-refractivity contribution is 0.102. The summed E-state index contributed by atoms with van der Waals surface area (Å²) < 4.78 is 5.95. The van der Waals surface area contributed by atoms with Crippen LogP contribution in [0.1, 0.15) is 34.1 Å². The topological polar surface area (TPSA) is 77.2 Å². The van der Waals surface area contributed by atoms with Crippen molar-refractivity contribution in [3.05, 3.63) is 77.0 Å². The maximum atomic E-state index is 12.5. The first-order valence-electron chi connectivity index (χ1n) is 8.88. The molecule has 0 bridgehead atoms. The van der Waals surface area contributed by atoms with Crippen molar-refractivity contribution in [1.82, 2.24) is 4.98 Å². The molecule has 0 saturated carbocycles. The van der Waals surface area contributed by atoms with Crippen molar-refractivity contribution in [2.75, 3.05) is 11.1 Å². The van der Waals surface area contributed by atoms with Crippen molar-refractivity contribution in [2.24, 2.45) is 0 Å². The van der Waals surface area contributed by atoms with Gasteiger partial charge in [0.05, 0.1) is 5.56 Å². The molecule has 1 amide bonds. The number of aromatic nitrogens is 1. The van der Waals surface area contributed by atoms with E-state index in [9.17, 15) is 4.79 Å². The van der Waals surface area contributed by atoms with E-state index in [4.69, 9.17) is 10.5 Å². The number of hydrogen-bond acceptors (Lipinski definition) is 4. The molecule has 3 aromatic rings. The van der Waals surface area contributed by atoms with Crippen LogP contribution in [0, 0.1) is 13.8 Å². The molecule has 0 spiro atoms. The van der Waals surface area contributed by atoms with Gasteiger partial charge in [-0.15, -0.1) is 0 Å². The lowest BCUT2D eigenvalue weighted by atomic mass is 10.1. The molecule has 1 heterocycles. The van der Waals surface area contributed by atoms with E-state index >= 15 is 0 Å². The van der Waals surface area contributed by atoms with Gasteiger partial charge in [0, 0.05) is 11.4 Å². The molecule has 0 aliphatic carbocycles. The van der Waals surface area contributed by atoms with Crippen molar-refractivity contribution < 1.29 is 9.53 Å². The summed E-state index contributed by atoms with van der Waals surface area (Å²) in [5.74, 6) is 1.49. The first-order chi connectivity index (χ1) is 13.0. The van der Waals surface area contributed by atoms with Crippen molar-refractivity contribution >= 4 is 17.4 Å². The number of benzene rings is 2. The summed E-state index contributed by atoms with van der Waals surface area (Å²) >= 11 is 0. The number of nitrogens with one attached hydrogen (secondary N) is 1. The van der Waals surface area contributed by atoms with Crippen molar-refractivity contribution in [2.45, 2.75) is 27.2 Å². The number of rotatable bonds is 5. The van der Waals surface area contributed by atoms with Gasteiger partial charge in [0.15, 0.2) is 0 Å². The van der Waals surface area contributed by atoms with Crippen LogP contribution in [0.5, 0.6) is 11.5 Å². The standard InChI is InChI=1S/C22H23N3O2/c1-4-16-7-5-6-8-20(16)27-18-11-9-17(10-12-18)25-22(26)19-13-14(2)15(3)24-21(19)23/h5-13H,4H2,1-3H3,(H2,23,24)(H,25,26). The Morgan fingerprint density at radius 3 is 2.52 bits per heavy atom. The highest BCUT2D eigenvalue weighted by Gasteiger charge is 2.13. The molecular formula is C22H23N3O2. The molecule has 5 nitrogen and oxygen atoms in total. The number of carbonyl (C=O) groups excluding carboxylic acids is 1. The van der Waals surface area contributed by atoms with Gasteiger partial charge in [-0.05, 0) is 67.8 Å². The smallest absolute Gasteiger partial charge is 0.259 e. The van der Waals surface area contributed by atoms with Crippen LogP contribution >= 0.6 is 0 Å². The molecule has 5 heteroatoms. The number of aryl methyl sites for hydroxylation is 3. The van der Waals surface area contributed by atoms with E-state index in [0.717, 1.165) is 29.0 Å². The molecule has 0 aliphatic rings. The molecule has 3 N–H and O–H groups in total. The van der Waals surface area contributed by atoms with E-state index < -0.39 is 0 Å². The zero-order valence-corrected chi connectivity index (χ0v) is 15.7. The first-order valence-corrected chi connectivity index (χ1v) is 8.88. The van der Waals surface area contributed by atoms with Gasteiger partial charge in [-0.1, -0.05) is 25.1 Å². The molecular weight excluding hydrogens is 338 g/mol. The summed E-state index contributed by atoms with van der Waals surface area (Å²) in [5.41, 5.74) is 9.81. The minimum atomic E-state index is -0.284. The summed E-state index contributed by atoms with van der Waals surface area (Å²) in [4.78, 5) is 16.7. The largest absolute Gasteiger partial charge is 0.457 e. The molecule has 1 aromatic heterocycles. The minimum Gasteiger partial charge on any atom is -0.457 e. The highest BCUT2D eigenvalue weighted by molar-refractivity contribution is 6.07. The summed E-state index contributed by atoms with van der Waals surface area (Å²) in [6, 6.07) is 16.9. The number of nitrogens with zero attached hydrogens (tertiary/aromatic N) is 1. The Labute approximate surface area is 159 Å². The number of pyridine rings is 1. The minimum absolute atomic E-state index is 0.228. The number of hydrogen-bond donors (Lipinski definition) is 2. The molecule has 0 saturated heterocycles. The third kappa shape index (κ3) is 4.26. The average Bonchev–Trinajstić information content (AvgIpc) is 2.66. The number of amides is 1. The van der Waals surface area contributed by atoms with E-state index in [-0.39, 0.29) is 11.7 Å². The average molecular weight is 361 g/mol. The molecule has 0 unspecified atom stereocenters. The number of nitrogens with two attached hydrogens (primary N) is 1. The van der Waals surface area contributed by atoms with Gasteiger partial charge in [0.25, 0.3) is 5.91 Å². The second-order valence-electron chi connectivity index (χ2n) is 6.37. The van der Waals surface area contributed by atoms with E-state index in [1.807, 2.05) is 50.2 Å². The molecule has 0 radical (unpaired) electrons. The number of para-hydroxylation sites is 1. The van der Waals surface area contributed by atoms with Crippen LogP contribution in [0.25, 0.3) is 0 Å². The Bertz CT molecular complexity index is 966.